The van der Waals surface area contributed by atoms with Crippen LogP contribution in [0.5, 0.6) is 0 Å². The van der Waals surface area contributed by atoms with E-state index in [1.165, 1.54) is 6.07 Å². The molecule has 1 aliphatic rings. The van der Waals surface area contributed by atoms with Crippen LogP contribution in [-0.2, 0) is 0 Å². The van der Waals surface area contributed by atoms with Crippen molar-refractivity contribution in [3.63, 3.8) is 0 Å². The van der Waals surface area contributed by atoms with E-state index in [2.05, 4.69) is 5.32 Å². The second-order valence-electron chi connectivity index (χ2n) is 5.03. The first-order valence-electron chi connectivity index (χ1n) is 7.05. The number of hydrogen-bond acceptors (Lipinski definition) is 4. The van der Waals surface area contributed by atoms with Crippen molar-refractivity contribution in [3.05, 3.63) is 33.6 Å². The Labute approximate surface area is 122 Å². The molecule has 1 aromatic rings. The number of rotatable bonds is 5. The van der Waals surface area contributed by atoms with E-state index in [1.807, 2.05) is 6.92 Å². The Morgan fingerprint density at radius 2 is 2.10 bits per heavy atom. The van der Waals surface area contributed by atoms with Crippen LogP contribution >= 0.6 is 0 Å². The molecule has 0 saturated carbocycles. The van der Waals surface area contributed by atoms with Gasteiger partial charge >= 0.3 is 0 Å². The third-order valence-corrected chi connectivity index (χ3v) is 3.47. The minimum Gasteiger partial charge on any atom is -0.383 e. The lowest BCUT2D eigenvalue weighted by atomic mass is 10.1. The maximum Gasteiger partial charge on any atom is 0.285 e. The molecule has 0 aliphatic carbocycles. The number of carbonyl (C=O) groups excluding carboxylic acids is 1. The molecule has 0 unspecified atom stereocenters. The number of likely N-dealkylation sites (tertiary alicyclic amines) is 1. The van der Waals surface area contributed by atoms with Crippen molar-refractivity contribution in [1.82, 2.24) is 4.90 Å². The highest BCUT2D eigenvalue weighted by atomic mass is 19.1. The van der Waals surface area contributed by atoms with Gasteiger partial charge in [0.05, 0.1) is 16.7 Å². The number of nitrogens with zero attached hydrogens (tertiary/aromatic N) is 2. The molecule has 2 rings (SSSR count). The quantitative estimate of drug-likeness (QED) is 0.669. The molecule has 21 heavy (non-hydrogen) atoms. The molecule has 0 bridgehead atoms. The fourth-order valence-corrected chi connectivity index (χ4v) is 2.37. The summed E-state index contributed by atoms with van der Waals surface area (Å²) in [4.78, 5) is 24.3. The van der Waals surface area contributed by atoms with Crippen LogP contribution < -0.4 is 5.32 Å². The van der Waals surface area contributed by atoms with Crippen LogP contribution in [0.1, 0.15) is 36.5 Å². The number of halogens is 1. The third kappa shape index (κ3) is 3.29. The molecule has 1 aromatic carbocycles. The SMILES string of the molecule is CCCNc1cc(C(=O)N2CCCC2)c([N+](=O)[O-])cc1F. The largest absolute Gasteiger partial charge is 0.383 e. The van der Waals surface area contributed by atoms with Crippen molar-refractivity contribution >= 4 is 17.3 Å². The Morgan fingerprint density at radius 3 is 2.67 bits per heavy atom. The number of nitro benzene ring substituents is 1. The summed E-state index contributed by atoms with van der Waals surface area (Å²) in [6.45, 7) is 3.63. The Bertz CT molecular complexity index is 557. The molecule has 1 heterocycles. The number of nitro groups is 1. The van der Waals surface area contributed by atoms with E-state index in [0.29, 0.717) is 19.6 Å². The summed E-state index contributed by atoms with van der Waals surface area (Å²) in [5.74, 6) is -1.12. The molecule has 114 valence electrons. The van der Waals surface area contributed by atoms with Gasteiger partial charge in [-0.25, -0.2) is 4.39 Å². The Morgan fingerprint density at radius 1 is 1.43 bits per heavy atom. The van der Waals surface area contributed by atoms with Crippen molar-refractivity contribution in [2.24, 2.45) is 0 Å². The van der Waals surface area contributed by atoms with E-state index >= 15 is 0 Å². The second kappa shape index (κ2) is 6.51. The van der Waals surface area contributed by atoms with Crippen molar-refractivity contribution in [3.8, 4) is 0 Å². The zero-order valence-corrected chi connectivity index (χ0v) is 11.9. The second-order valence-corrected chi connectivity index (χ2v) is 5.03. The third-order valence-electron chi connectivity index (χ3n) is 3.47. The van der Waals surface area contributed by atoms with E-state index < -0.39 is 22.3 Å². The van der Waals surface area contributed by atoms with Crippen LogP contribution in [0, 0.1) is 15.9 Å². The van der Waals surface area contributed by atoms with Gasteiger partial charge in [-0.05, 0) is 25.3 Å². The van der Waals surface area contributed by atoms with Gasteiger partial charge in [-0.3, -0.25) is 14.9 Å². The highest BCUT2D eigenvalue weighted by Crippen LogP contribution is 2.28. The van der Waals surface area contributed by atoms with E-state index in [4.69, 9.17) is 0 Å². The number of hydrogen-bond donors (Lipinski definition) is 1. The van der Waals surface area contributed by atoms with Gasteiger partial charge in [0.25, 0.3) is 11.6 Å². The molecule has 0 aromatic heterocycles. The van der Waals surface area contributed by atoms with Gasteiger partial charge in [0.2, 0.25) is 0 Å². The maximum absolute atomic E-state index is 13.9. The van der Waals surface area contributed by atoms with Crippen molar-refractivity contribution in [2.45, 2.75) is 26.2 Å². The Balaban J connectivity index is 2.39. The number of carbonyl (C=O) groups is 1. The van der Waals surface area contributed by atoms with Gasteiger partial charge in [0, 0.05) is 19.6 Å². The normalized spacial score (nSPS) is 14.3. The van der Waals surface area contributed by atoms with Crippen LogP contribution in [0.15, 0.2) is 12.1 Å². The molecule has 0 radical (unpaired) electrons. The predicted octanol–water partition coefficient (Wildman–Crippen LogP) is 2.79. The van der Waals surface area contributed by atoms with Gasteiger partial charge in [0.15, 0.2) is 5.82 Å². The summed E-state index contributed by atoms with van der Waals surface area (Å²) in [5.41, 5.74) is -0.404. The molecule has 1 fully saturated rings. The highest BCUT2D eigenvalue weighted by molar-refractivity contribution is 5.99. The highest BCUT2D eigenvalue weighted by Gasteiger charge is 2.28. The number of benzene rings is 1. The lowest BCUT2D eigenvalue weighted by Gasteiger charge is -2.16. The molecule has 1 N–H and O–H groups in total. The molecule has 1 amide bonds. The Hall–Kier alpha value is -2.18. The fourth-order valence-electron chi connectivity index (χ4n) is 2.37. The summed E-state index contributed by atoms with van der Waals surface area (Å²) in [6, 6.07) is 2.07. The topological polar surface area (TPSA) is 75.5 Å². The summed E-state index contributed by atoms with van der Waals surface area (Å²) in [6.07, 6.45) is 2.56. The molecule has 7 heteroatoms. The first-order valence-corrected chi connectivity index (χ1v) is 7.05. The van der Waals surface area contributed by atoms with Crippen molar-refractivity contribution in [1.29, 1.82) is 0 Å². The summed E-state index contributed by atoms with van der Waals surface area (Å²) in [7, 11) is 0. The van der Waals surface area contributed by atoms with Crippen LogP contribution in [0.3, 0.4) is 0 Å². The van der Waals surface area contributed by atoms with Crippen LogP contribution in [0.2, 0.25) is 0 Å². The van der Waals surface area contributed by atoms with E-state index in [1.54, 1.807) is 4.90 Å². The van der Waals surface area contributed by atoms with Gasteiger partial charge in [-0.15, -0.1) is 0 Å². The van der Waals surface area contributed by atoms with Crippen LogP contribution in [-0.4, -0.2) is 35.4 Å². The average Bonchev–Trinajstić information content (AvgIpc) is 2.99. The van der Waals surface area contributed by atoms with Gasteiger partial charge in [0.1, 0.15) is 5.56 Å². The molecule has 6 nitrogen and oxygen atoms in total. The molecular formula is C14H18FN3O3. The lowest BCUT2D eigenvalue weighted by Crippen LogP contribution is -2.28. The number of anilines is 1. The number of amides is 1. The maximum atomic E-state index is 13.9. The smallest absolute Gasteiger partial charge is 0.285 e. The summed E-state index contributed by atoms with van der Waals surface area (Å²) >= 11 is 0. The lowest BCUT2D eigenvalue weighted by molar-refractivity contribution is -0.385. The van der Waals surface area contributed by atoms with Gasteiger partial charge in [-0.2, -0.15) is 0 Å². The first-order chi connectivity index (χ1) is 10.0. The van der Waals surface area contributed by atoms with Gasteiger partial charge < -0.3 is 10.2 Å². The number of nitrogens with one attached hydrogen (secondary N) is 1. The zero-order valence-electron chi connectivity index (χ0n) is 11.9. The fraction of sp³-hybridized carbons (Fsp3) is 0.500. The van der Waals surface area contributed by atoms with E-state index in [9.17, 15) is 19.3 Å². The standard InChI is InChI=1S/C14H18FN3O3/c1-2-5-16-12-8-10(13(18(20)21)9-11(12)15)14(19)17-6-3-4-7-17/h8-9,16H,2-7H2,1H3. The monoisotopic (exact) mass is 295 g/mol. The van der Waals surface area contributed by atoms with E-state index in [-0.39, 0.29) is 11.3 Å². The molecule has 1 saturated heterocycles. The van der Waals surface area contributed by atoms with Gasteiger partial charge in [-0.1, -0.05) is 6.92 Å². The minimum absolute atomic E-state index is 0.0538. The van der Waals surface area contributed by atoms with Crippen LogP contribution in [0.4, 0.5) is 15.8 Å². The molecule has 1 aliphatic heterocycles. The summed E-state index contributed by atoms with van der Waals surface area (Å²) in [5, 5.41) is 13.9. The summed E-state index contributed by atoms with van der Waals surface area (Å²) < 4.78 is 13.9. The average molecular weight is 295 g/mol. The Kier molecular flexibility index (Phi) is 4.72. The first kappa shape index (κ1) is 15.2. The zero-order chi connectivity index (χ0) is 15.4. The van der Waals surface area contributed by atoms with E-state index in [0.717, 1.165) is 25.3 Å². The van der Waals surface area contributed by atoms with Crippen molar-refractivity contribution in [2.75, 3.05) is 25.0 Å². The minimum atomic E-state index is -0.715. The van der Waals surface area contributed by atoms with Crippen molar-refractivity contribution < 1.29 is 14.1 Å². The predicted molar refractivity (Wildman–Crippen MR) is 77.0 cm³/mol. The molecule has 0 atom stereocenters. The molecule has 0 spiro atoms. The molecular weight excluding hydrogens is 277 g/mol. The van der Waals surface area contributed by atoms with Crippen LogP contribution in [0.25, 0.3) is 0 Å².